The van der Waals surface area contributed by atoms with Crippen molar-refractivity contribution in [2.75, 3.05) is 21.3 Å². The molecule has 0 radical (unpaired) electrons. The Balaban J connectivity index is 1.92. The Bertz CT molecular complexity index is 1530. The van der Waals surface area contributed by atoms with Crippen molar-refractivity contribution in [3.8, 4) is 11.5 Å². The zero-order chi connectivity index (χ0) is 25.3. The molecular weight excluding hydrogens is 474 g/mol. The number of nitrogens with zero attached hydrogens (tertiary/aromatic N) is 3. The van der Waals surface area contributed by atoms with Crippen LogP contribution in [0.2, 0.25) is 0 Å². The summed E-state index contributed by atoms with van der Waals surface area (Å²) in [7, 11) is 4.31. The molecule has 0 aliphatic carbocycles. The van der Waals surface area contributed by atoms with Crippen LogP contribution < -0.4 is 24.4 Å². The summed E-state index contributed by atoms with van der Waals surface area (Å²) < 4.78 is 17.4. The van der Waals surface area contributed by atoms with Crippen LogP contribution in [-0.4, -0.2) is 36.8 Å². The highest BCUT2D eigenvalue weighted by Gasteiger charge is 2.33. The fourth-order valence-corrected chi connectivity index (χ4v) is 4.93. The molecule has 0 saturated heterocycles. The third-order valence-corrected chi connectivity index (χ3v) is 6.53. The Morgan fingerprint density at radius 2 is 1.80 bits per heavy atom. The van der Waals surface area contributed by atoms with Crippen LogP contribution in [-0.2, 0) is 9.53 Å². The lowest BCUT2D eigenvalue weighted by Crippen LogP contribution is -2.39. The largest absolute Gasteiger partial charge is 0.493 e. The molecule has 35 heavy (non-hydrogen) atoms. The number of allylic oxidation sites excluding steroid dienone is 1. The van der Waals surface area contributed by atoms with E-state index < -0.39 is 16.9 Å². The second-order valence-electron chi connectivity index (χ2n) is 7.54. The van der Waals surface area contributed by atoms with E-state index in [1.807, 2.05) is 0 Å². The molecule has 0 amide bonds. The number of thiazole rings is 1. The van der Waals surface area contributed by atoms with E-state index in [-0.39, 0.29) is 16.8 Å². The van der Waals surface area contributed by atoms with Crippen LogP contribution in [0.25, 0.3) is 6.08 Å². The van der Waals surface area contributed by atoms with Crippen molar-refractivity contribution in [3.63, 3.8) is 0 Å². The monoisotopic (exact) mass is 495 g/mol. The number of nitro benzene ring substituents is 1. The van der Waals surface area contributed by atoms with Gasteiger partial charge in [0.05, 0.1) is 48.1 Å². The molecule has 0 N–H and O–H groups in total. The number of aromatic nitrogens is 1. The minimum atomic E-state index is -0.855. The van der Waals surface area contributed by atoms with Gasteiger partial charge in [-0.3, -0.25) is 19.5 Å². The molecular formula is C24H21N3O7S. The molecule has 10 nitrogen and oxygen atoms in total. The predicted octanol–water partition coefficient (Wildman–Crippen LogP) is 2.33. The molecule has 0 fully saturated rings. The van der Waals surface area contributed by atoms with Crippen LogP contribution in [0.4, 0.5) is 5.69 Å². The summed E-state index contributed by atoms with van der Waals surface area (Å²) in [6.07, 6.45) is 1.70. The van der Waals surface area contributed by atoms with E-state index in [9.17, 15) is 19.7 Å². The smallest absolute Gasteiger partial charge is 0.338 e. The zero-order valence-electron chi connectivity index (χ0n) is 19.3. The number of hydrogen-bond donors (Lipinski definition) is 0. The molecule has 1 aromatic heterocycles. The van der Waals surface area contributed by atoms with Crippen molar-refractivity contribution in [1.82, 2.24) is 4.57 Å². The third-order valence-electron chi connectivity index (χ3n) is 5.55. The number of nitro groups is 1. The van der Waals surface area contributed by atoms with Crippen molar-refractivity contribution >= 4 is 29.1 Å². The Hall–Kier alpha value is -4.25. The minimum absolute atomic E-state index is 0.102. The van der Waals surface area contributed by atoms with Crippen molar-refractivity contribution in [2.24, 2.45) is 4.99 Å². The summed E-state index contributed by atoms with van der Waals surface area (Å²) in [5.41, 5.74) is 1.36. The van der Waals surface area contributed by atoms with E-state index in [1.54, 1.807) is 31.2 Å². The molecule has 1 atom stereocenters. The van der Waals surface area contributed by atoms with E-state index in [0.29, 0.717) is 37.7 Å². The van der Waals surface area contributed by atoms with Crippen LogP contribution in [0.3, 0.4) is 0 Å². The maximum Gasteiger partial charge on any atom is 0.338 e. The molecule has 3 aromatic rings. The number of esters is 1. The molecule has 1 aliphatic heterocycles. The fourth-order valence-electron chi connectivity index (χ4n) is 3.88. The number of methoxy groups -OCH3 is 3. The number of rotatable bonds is 6. The first kappa shape index (κ1) is 23.9. The first-order chi connectivity index (χ1) is 16.8. The van der Waals surface area contributed by atoms with Gasteiger partial charge in [0.1, 0.15) is 0 Å². The maximum absolute atomic E-state index is 13.6. The van der Waals surface area contributed by atoms with Crippen LogP contribution in [0.1, 0.15) is 24.1 Å². The van der Waals surface area contributed by atoms with Gasteiger partial charge in [0.15, 0.2) is 16.3 Å². The molecule has 1 aliphatic rings. The Morgan fingerprint density at radius 1 is 1.11 bits per heavy atom. The Kier molecular flexibility index (Phi) is 6.52. The number of carbonyl (C=O) groups is 1. The summed E-state index contributed by atoms with van der Waals surface area (Å²) >= 11 is 1.17. The van der Waals surface area contributed by atoms with Gasteiger partial charge in [-0.15, -0.1) is 0 Å². The first-order valence-corrected chi connectivity index (χ1v) is 11.2. The van der Waals surface area contributed by atoms with Crippen LogP contribution in [0, 0.1) is 10.1 Å². The van der Waals surface area contributed by atoms with Gasteiger partial charge < -0.3 is 14.2 Å². The lowest BCUT2D eigenvalue weighted by molar-refractivity contribution is -0.384. The third kappa shape index (κ3) is 4.33. The van der Waals surface area contributed by atoms with Gasteiger partial charge >= 0.3 is 5.97 Å². The zero-order valence-corrected chi connectivity index (χ0v) is 20.1. The highest BCUT2D eigenvalue weighted by molar-refractivity contribution is 7.07. The minimum Gasteiger partial charge on any atom is -0.493 e. The van der Waals surface area contributed by atoms with Gasteiger partial charge in [-0.25, -0.2) is 9.79 Å². The van der Waals surface area contributed by atoms with E-state index in [1.165, 1.54) is 61.5 Å². The maximum atomic E-state index is 13.6. The first-order valence-electron chi connectivity index (χ1n) is 10.4. The quantitative estimate of drug-likeness (QED) is 0.292. The number of carbonyl (C=O) groups excluding carboxylic acids is 1. The summed E-state index contributed by atoms with van der Waals surface area (Å²) in [6.45, 7) is 1.66. The van der Waals surface area contributed by atoms with E-state index in [2.05, 4.69) is 4.99 Å². The van der Waals surface area contributed by atoms with Gasteiger partial charge in [0.2, 0.25) is 0 Å². The lowest BCUT2D eigenvalue weighted by atomic mass is 9.96. The molecule has 2 heterocycles. The van der Waals surface area contributed by atoms with Crippen LogP contribution in [0.15, 0.2) is 63.5 Å². The predicted molar refractivity (Wildman–Crippen MR) is 128 cm³/mol. The molecule has 180 valence electrons. The molecule has 0 saturated carbocycles. The topological polar surface area (TPSA) is 122 Å². The second-order valence-corrected chi connectivity index (χ2v) is 8.55. The molecule has 0 bridgehead atoms. The van der Waals surface area contributed by atoms with Gasteiger partial charge in [0.25, 0.3) is 11.2 Å². The number of ether oxygens (including phenoxy) is 3. The van der Waals surface area contributed by atoms with Gasteiger partial charge in [-0.05, 0) is 48.4 Å². The average Bonchev–Trinajstić information content (AvgIpc) is 3.16. The van der Waals surface area contributed by atoms with E-state index in [0.717, 1.165) is 0 Å². The second kappa shape index (κ2) is 9.55. The van der Waals surface area contributed by atoms with Crippen molar-refractivity contribution < 1.29 is 23.9 Å². The number of hydrogen-bond acceptors (Lipinski definition) is 9. The fraction of sp³-hybridized carbons (Fsp3) is 0.208. The molecule has 0 spiro atoms. The van der Waals surface area contributed by atoms with Crippen LogP contribution >= 0.6 is 11.3 Å². The molecule has 1 unspecified atom stereocenters. The number of benzene rings is 2. The SMILES string of the molecule is COC(=O)C1=C(C)N=c2sc(=Cc3ccc(OC)c(OC)c3)c(=O)n2C1c1ccc([N+](=O)[O-])cc1. The normalized spacial score (nSPS) is 15.3. The van der Waals surface area contributed by atoms with Crippen molar-refractivity contribution in [1.29, 1.82) is 0 Å². The number of fused-ring (bicyclic) bond motifs is 1. The number of non-ortho nitro benzene ring substituents is 1. The van der Waals surface area contributed by atoms with E-state index in [4.69, 9.17) is 14.2 Å². The Morgan fingerprint density at radius 3 is 2.40 bits per heavy atom. The summed E-state index contributed by atoms with van der Waals surface area (Å²) in [6, 6.07) is 10.1. The highest BCUT2D eigenvalue weighted by atomic mass is 32.1. The molecule has 2 aromatic carbocycles. The van der Waals surface area contributed by atoms with Gasteiger partial charge in [0, 0.05) is 12.1 Å². The summed E-state index contributed by atoms with van der Waals surface area (Å²) in [4.78, 5) is 41.7. The van der Waals surface area contributed by atoms with Gasteiger partial charge in [-0.1, -0.05) is 17.4 Å². The molecule has 11 heteroatoms. The summed E-state index contributed by atoms with van der Waals surface area (Å²) in [5, 5.41) is 11.1. The Labute approximate surface area is 203 Å². The average molecular weight is 496 g/mol. The van der Waals surface area contributed by atoms with Gasteiger partial charge in [-0.2, -0.15) is 0 Å². The molecule has 4 rings (SSSR count). The summed E-state index contributed by atoms with van der Waals surface area (Å²) in [5.74, 6) is 0.438. The lowest BCUT2D eigenvalue weighted by Gasteiger charge is -2.24. The van der Waals surface area contributed by atoms with Crippen molar-refractivity contribution in [2.45, 2.75) is 13.0 Å². The standard InChI is InChI=1S/C24H21N3O7S/c1-13-20(23(29)34-4)21(15-6-8-16(9-7-15)27(30)31)26-22(28)19(35-24(26)25-13)12-14-5-10-17(32-2)18(11-14)33-3/h5-12,21H,1-4H3. The highest BCUT2D eigenvalue weighted by Crippen LogP contribution is 2.31. The van der Waals surface area contributed by atoms with E-state index >= 15 is 0 Å². The van der Waals surface area contributed by atoms with Crippen LogP contribution in [0.5, 0.6) is 11.5 Å². The van der Waals surface area contributed by atoms with Crippen molar-refractivity contribution in [3.05, 3.63) is 94.7 Å².